The Balaban J connectivity index is 1.75. The number of hydrogen-bond acceptors (Lipinski definition) is 7. The molecule has 8 nitrogen and oxygen atoms in total. The summed E-state index contributed by atoms with van der Waals surface area (Å²) in [4.78, 5) is 23.6. The summed E-state index contributed by atoms with van der Waals surface area (Å²) in [6, 6.07) is 6.12. The maximum atomic E-state index is 13.7. The third kappa shape index (κ3) is 3.80. The van der Waals surface area contributed by atoms with Gasteiger partial charge in [-0.25, -0.2) is 18.7 Å². The van der Waals surface area contributed by atoms with Crippen LogP contribution in [-0.2, 0) is 0 Å². The summed E-state index contributed by atoms with van der Waals surface area (Å²) < 4.78 is 27.0. The Bertz CT molecular complexity index is 937. The summed E-state index contributed by atoms with van der Waals surface area (Å²) in [5, 5.41) is 2.59. The minimum atomic E-state index is -0.677. The summed E-state index contributed by atoms with van der Waals surface area (Å²) in [6.45, 7) is 0. The first-order chi connectivity index (χ1) is 12.5. The van der Waals surface area contributed by atoms with Crippen molar-refractivity contribution in [2.75, 3.05) is 16.5 Å². The van der Waals surface area contributed by atoms with Crippen LogP contribution in [0.3, 0.4) is 0 Å². The van der Waals surface area contributed by atoms with Crippen molar-refractivity contribution in [3.63, 3.8) is 0 Å². The van der Waals surface area contributed by atoms with E-state index in [1.54, 1.807) is 12.1 Å². The number of pyridine rings is 1. The predicted molar refractivity (Wildman–Crippen MR) is 91.4 cm³/mol. The summed E-state index contributed by atoms with van der Waals surface area (Å²) in [7, 11) is 0. The van der Waals surface area contributed by atoms with Crippen LogP contribution in [0.1, 0.15) is 10.4 Å². The van der Waals surface area contributed by atoms with E-state index in [1.807, 2.05) is 0 Å². The van der Waals surface area contributed by atoms with E-state index in [9.17, 15) is 13.6 Å². The van der Waals surface area contributed by atoms with E-state index in [-0.39, 0.29) is 23.0 Å². The third-order valence-corrected chi connectivity index (χ3v) is 3.28. The molecule has 0 atom stereocenters. The van der Waals surface area contributed by atoms with Gasteiger partial charge in [0.15, 0.2) is 11.6 Å². The zero-order valence-corrected chi connectivity index (χ0v) is 13.2. The maximum absolute atomic E-state index is 13.7. The molecule has 0 bridgehead atoms. The van der Waals surface area contributed by atoms with Gasteiger partial charge in [-0.15, -0.1) is 0 Å². The average molecular weight is 357 g/mol. The number of hydrazine groups is 1. The monoisotopic (exact) mass is 357 g/mol. The summed E-state index contributed by atoms with van der Waals surface area (Å²) in [5.41, 5.74) is 11.1. The molecule has 26 heavy (non-hydrogen) atoms. The lowest BCUT2D eigenvalue weighted by molar-refractivity contribution is 0.0962. The molecule has 3 rings (SSSR count). The fourth-order valence-corrected chi connectivity index (χ4v) is 2.00. The smallest absolute Gasteiger partial charge is 0.271 e. The number of halogens is 2. The van der Waals surface area contributed by atoms with Gasteiger partial charge in [-0.05, 0) is 24.3 Å². The van der Waals surface area contributed by atoms with Gasteiger partial charge in [-0.3, -0.25) is 20.6 Å². The second kappa shape index (κ2) is 7.38. The molecule has 2 aromatic heterocycles. The second-order valence-electron chi connectivity index (χ2n) is 5.05. The van der Waals surface area contributed by atoms with Crippen LogP contribution in [0.5, 0.6) is 0 Å². The van der Waals surface area contributed by atoms with Gasteiger partial charge in [0.25, 0.3) is 5.91 Å². The highest BCUT2D eigenvalue weighted by Gasteiger charge is 2.12. The molecule has 0 aliphatic heterocycles. The number of benzene rings is 1. The van der Waals surface area contributed by atoms with Gasteiger partial charge in [0.2, 0.25) is 0 Å². The van der Waals surface area contributed by atoms with E-state index in [2.05, 4.69) is 31.1 Å². The summed E-state index contributed by atoms with van der Waals surface area (Å²) in [5.74, 6) is -1.63. The largest absolute Gasteiger partial charge is 0.393 e. The predicted octanol–water partition coefficient (Wildman–Crippen LogP) is 2.23. The highest BCUT2D eigenvalue weighted by Crippen LogP contribution is 2.27. The van der Waals surface area contributed by atoms with Crippen LogP contribution in [0.4, 0.5) is 31.8 Å². The number of hydrogen-bond donors (Lipinski definition) is 4. The topological polar surface area (TPSA) is 118 Å². The van der Waals surface area contributed by atoms with Crippen molar-refractivity contribution in [1.29, 1.82) is 0 Å². The molecular weight excluding hydrogens is 344 g/mol. The van der Waals surface area contributed by atoms with Gasteiger partial charge in [0, 0.05) is 18.5 Å². The van der Waals surface area contributed by atoms with E-state index in [1.165, 1.54) is 12.4 Å². The number of nitrogen functional groups attached to an aromatic ring is 1. The van der Waals surface area contributed by atoms with Crippen LogP contribution in [0.25, 0.3) is 0 Å². The molecule has 0 aliphatic carbocycles. The molecule has 0 saturated carbocycles. The first-order valence-corrected chi connectivity index (χ1v) is 7.33. The van der Waals surface area contributed by atoms with Crippen molar-refractivity contribution in [3.05, 3.63) is 66.3 Å². The molecule has 0 aliphatic rings. The number of carbonyl (C=O) groups excluding carboxylic acids is 1. The number of aromatic nitrogens is 3. The van der Waals surface area contributed by atoms with Crippen molar-refractivity contribution >= 4 is 28.9 Å². The van der Waals surface area contributed by atoms with E-state index in [0.717, 1.165) is 24.5 Å². The van der Waals surface area contributed by atoms with Crippen LogP contribution in [0, 0.1) is 11.6 Å². The van der Waals surface area contributed by atoms with Crippen LogP contribution in [0.2, 0.25) is 0 Å². The Hall–Kier alpha value is -3.82. The molecule has 132 valence electrons. The van der Waals surface area contributed by atoms with E-state index in [4.69, 9.17) is 5.73 Å². The number of rotatable bonds is 5. The van der Waals surface area contributed by atoms with Gasteiger partial charge in [0.05, 0.1) is 11.3 Å². The molecule has 1 aromatic carbocycles. The number of nitrogens with one attached hydrogen (secondary N) is 3. The Morgan fingerprint density at radius 2 is 1.92 bits per heavy atom. The molecule has 0 radical (unpaired) electrons. The van der Waals surface area contributed by atoms with Crippen molar-refractivity contribution in [2.24, 2.45) is 0 Å². The van der Waals surface area contributed by atoms with Crippen molar-refractivity contribution in [2.45, 2.75) is 0 Å². The molecule has 0 unspecified atom stereocenters. The summed E-state index contributed by atoms with van der Waals surface area (Å²) >= 11 is 0. The molecular formula is C16H13F2N7O. The first-order valence-electron chi connectivity index (χ1n) is 7.33. The van der Waals surface area contributed by atoms with Crippen molar-refractivity contribution in [3.8, 4) is 0 Å². The first kappa shape index (κ1) is 17.0. The molecule has 5 N–H and O–H groups in total. The minimum Gasteiger partial charge on any atom is -0.393 e. The maximum Gasteiger partial charge on any atom is 0.271 e. The van der Waals surface area contributed by atoms with E-state index in [0.29, 0.717) is 5.56 Å². The van der Waals surface area contributed by atoms with Gasteiger partial charge >= 0.3 is 0 Å². The normalized spacial score (nSPS) is 10.2. The molecule has 3 aromatic rings. The SMILES string of the molecule is Nc1c(NNC(=O)c2cccnc2)ncnc1Nc1cc(F)ccc1F. The highest BCUT2D eigenvalue weighted by atomic mass is 19.1. The molecule has 0 spiro atoms. The lowest BCUT2D eigenvalue weighted by Crippen LogP contribution is -2.30. The number of nitrogens with two attached hydrogens (primary N) is 1. The van der Waals surface area contributed by atoms with Crippen molar-refractivity contribution in [1.82, 2.24) is 20.4 Å². The van der Waals surface area contributed by atoms with E-state index < -0.39 is 17.5 Å². The van der Waals surface area contributed by atoms with Crippen LogP contribution in [0.15, 0.2) is 49.1 Å². The lowest BCUT2D eigenvalue weighted by atomic mass is 10.3. The van der Waals surface area contributed by atoms with Crippen LogP contribution >= 0.6 is 0 Å². The highest BCUT2D eigenvalue weighted by molar-refractivity contribution is 5.94. The number of anilines is 4. The fraction of sp³-hybridized carbons (Fsp3) is 0. The summed E-state index contributed by atoms with van der Waals surface area (Å²) in [6.07, 6.45) is 4.07. The Morgan fingerprint density at radius 3 is 2.69 bits per heavy atom. The van der Waals surface area contributed by atoms with Gasteiger partial charge in [-0.2, -0.15) is 0 Å². The zero-order valence-electron chi connectivity index (χ0n) is 13.2. The van der Waals surface area contributed by atoms with Crippen LogP contribution in [-0.4, -0.2) is 20.9 Å². The van der Waals surface area contributed by atoms with Crippen molar-refractivity contribution < 1.29 is 13.6 Å². The zero-order chi connectivity index (χ0) is 18.5. The minimum absolute atomic E-state index is 0.00245. The van der Waals surface area contributed by atoms with Gasteiger partial charge < -0.3 is 11.1 Å². The number of amides is 1. The standard InChI is InChI=1S/C16H13F2N7O/c17-10-3-4-11(18)12(6-10)23-14-13(19)15(22-8-21-14)24-25-16(26)9-2-1-5-20-7-9/h1-8H,19H2,(H,25,26)(H2,21,22,23,24). The Labute approximate surface area is 146 Å². The fourth-order valence-electron chi connectivity index (χ4n) is 2.00. The third-order valence-electron chi connectivity index (χ3n) is 3.28. The molecule has 2 heterocycles. The second-order valence-corrected chi connectivity index (χ2v) is 5.05. The number of carbonyl (C=O) groups is 1. The van der Waals surface area contributed by atoms with Gasteiger partial charge in [0.1, 0.15) is 23.6 Å². The molecule has 0 fully saturated rings. The quantitative estimate of drug-likeness (QED) is 0.517. The molecule has 10 heteroatoms. The molecule has 1 amide bonds. The van der Waals surface area contributed by atoms with E-state index >= 15 is 0 Å². The Morgan fingerprint density at radius 1 is 1.12 bits per heavy atom. The molecule has 0 saturated heterocycles. The number of nitrogens with zero attached hydrogens (tertiary/aromatic N) is 3. The lowest BCUT2D eigenvalue weighted by Gasteiger charge is -2.13. The van der Waals surface area contributed by atoms with Crippen LogP contribution < -0.4 is 21.9 Å². The Kier molecular flexibility index (Phi) is 4.83. The van der Waals surface area contributed by atoms with Gasteiger partial charge in [-0.1, -0.05) is 0 Å². The average Bonchev–Trinajstić information content (AvgIpc) is 2.66.